The summed E-state index contributed by atoms with van der Waals surface area (Å²) in [6, 6.07) is 8.92. The Labute approximate surface area is 214 Å². The van der Waals surface area contributed by atoms with Crippen LogP contribution in [-0.4, -0.2) is 82.0 Å². The number of carbonyl (C=O) groups is 1. The van der Waals surface area contributed by atoms with E-state index < -0.39 is 0 Å². The molecule has 0 spiro atoms. The van der Waals surface area contributed by atoms with E-state index in [1.807, 2.05) is 17.6 Å². The van der Waals surface area contributed by atoms with Crippen molar-refractivity contribution in [2.45, 2.75) is 25.8 Å². The van der Waals surface area contributed by atoms with E-state index in [0.717, 1.165) is 70.4 Å². The predicted molar refractivity (Wildman–Crippen MR) is 147 cm³/mol. The van der Waals surface area contributed by atoms with Crippen LogP contribution in [-0.2, 0) is 4.79 Å². The van der Waals surface area contributed by atoms with Gasteiger partial charge in [0.2, 0.25) is 6.41 Å². The van der Waals surface area contributed by atoms with Crippen LogP contribution in [0.15, 0.2) is 42.2 Å². The SMILES string of the molecule is C[C@H]1CCNCCN1C.O=CN1CC=C(c2cc3c(Nc4ccc5ncsc5c4)ncnc3[nH]2)CC1. The fourth-order valence-corrected chi connectivity index (χ4v) is 5.16. The van der Waals surface area contributed by atoms with Gasteiger partial charge in [0.15, 0.2) is 0 Å². The van der Waals surface area contributed by atoms with E-state index in [0.29, 0.717) is 6.54 Å². The number of thiazole rings is 1. The Morgan fingerprint density at radius 3 is 2.92 bits per heavy atom. The second-order valence-corrected chi connectivity index (χ2v) is 10.2. The minimum absolute atomic E-state index is 0.639. The molecular weight excluding hydrogens is 472 g/mol. The summed E-state index contributed by atoms with van der Waals surface area (Å²) in [5.41, 5.74) is 6.82. The summed E-state index contributed by atoms with van der Waals surface area (Å²) < 4.78 is 1.13. The van der Waals surface area contributed by atoms with Crippen LogP contribution in [0.5, 0.6) is 0 Å². The number of benzene rings is 1. The van der Waals surface area contributed by atoms with E-state index in [4.69, 9.17) is 0 Å². The number of amides is 1. The number of rotatable bonds is 4. The normalized spacial score (nSPS) is 18.9. The van der Waals surface area contributed by atoms with Crippen LogP contribution >= 0.6 is 11.3 Å². The average Bonchev–Trinajstić information content (AvgIpc) is 3.51. The Kier molecular flexibility index (Phi) is 7.55. The van der Waals surface area contributed by atoms with Gasteiger partial charge in [0, 0.05) is 43.6 Å². The van der Waals surface area contributed by atoms with Gasteiger partial charge in [-0.05, 0) is 63.2 Å². The topological polar surface area (TPSA) is 102 Å². The van der Waals surface area contributed by atoms with Crippen molar-refractivity contribution in [1.82, 2.24) is 35.1 Å². The lowest BCUT2D eigenvalue weighted by Crippen LogP contribution is -2.29. The van der Waals surface area contributed by atoms with Crippen molar-refractivity contribution in [2.24, 2.45) is 0 Å². The van der Waals surface area contributed by atoms with Gasteiger partial charge in [-0.2, -0.15) is 0 Å². The van der Waals surface area contributed by atoms with Crippen molar-refractivity contribution in [2.75, 3.05) is 45.1 Å². The van der Waals surface area contributed by atoms with Crippen molar-refractivity contribution in [3.05, 3.63) is 47.9 Å². The van der Waals surface area contributed by atoms with Gasteiger partial charge in [0.1, 0.15) is 17.8 Å². The first-order chi connectivity index (χ1) is 17.6. The molecule has 0 saturated carbocycles. The number of nitrogens with one attached hydrogen (secondary N) is 3. The van der Waals surface area contributed by atoms with Gasteiger partial charge >= 0.3 is 0 Å². The van der Waals surface area contributed by atoms with Crippen LogP contribution < -0.4 is 10.6 Å². The van der Waals surface area contributed by atoms with Crippen molar-refractivity contribution in [1.29, 1.82) is 0 Å². The summed E-state index contributed by atoms with van der Waals surface area (Å²) in [6.45, 7) is 7.19. The monoisotopic (exact) mass is 504 g/mol. The highest BCUT2D eigenvalue weighted by Gasteiger charge is 2.15. The molecule has 1 amide bonds. The molecule has 1 aromatic carbocycles. The molecule has 5 heterocycles. The molecule has 10 heteroatoms. The molecule has 0 bridgehead atoms. The predicted octanol–water partition coefficient (Wildman–Crippen LogP) is 3.86. The lowest BCUT2D eigenvalue weighted by Gasteiger charge is -2.21. The highest BCUT2D eigenvalue weighted by atomic mass is 32.1. The smallest absolute Gasteiger partial charge is 0.209 e. The minimum atomic E-state index is 0.639. The average molecular weight is 505 g/mol. The zero-order valence-corrected chi connectivity index (χ0v) is 21.5. The van der Waals surface area contributed by atoms with Crippen molar-refractivity contribution >= 4 is 56.1 Å². The number of aromatic nitrogens is 4. The third-order valence-electron chi connectivity index (χ3n) is 6.89. The Hall–Kier alpha value is -3.34. The molecule has 0 aliphatic carbocycles. The number of H-pyrrole nitrogens is 1. The maximum absolute atomic E-state index is 10.9. The van der Waals surface area contributed by atoms with Gasteiger partial charge in [-0.25, -0.2) is 15.0 Å². The first kappa shape index (κ1) is 24.4. The first-order valence-corrected chi connectivity index (χ1v) is 13.2. The maximum atomic E-state index is 10.9. The van der Waals surface area contributed by atoms with Crippen LogP contribution in [0.4, 0.5) is 11.5 Å². The maximum Gasteiger partial charge on any atom is 0.209 e. The van der Waals surface area contributed by atoms with E-state index >= 15 is 0 Å². The molecule has 3 N–H and O–H groups in total. The quantitative estimate of drug-likeness (QED) is 0.363. The van der Waals surface area contributed by atoms with Crippen molar-refractivity contribution in [3.63, 3.8) is 0 Å². The van der Waals surface area contributed by atoms with Gasteiger partial charge in [0.25, 0.3) is 0 Å². The minimum Gasteiger partial charge on any atom is -0.341 e. The number of likely N-dealkylation sites (N-methyl/N-ethyl adjacent to an activating group) is 1. The van der Waals surface area contributed by atoms with Gasteiger partial charge in [-0.3, -0.25) is 4.79 Å². The number of fused-ring (bicyclic) bond motifs is 2. The zero-order valence-electron chi connectivity index (χ0n) is 20.7. The van der Waals surface area contributed by atoms with Crippen LogP contribution in [0.2, 0.25) is 0 Å². The van der Waals surface area contributed by atoms with E-state index in [-0.39, 0.29) is 0 Å². The number of carbonyl (C=O) groups excluding carboxylic acids is 1. The van der Waals surface area contributed by atoms with E-state index in [1.165, 1.54) is 25.1 Å². The summed E-state index contributed by atoms with van der Waals surface area (Å²) in [5, 5.41) is 7.70. The highest BCUT2D eigenvalue weighted by molar-refractivity contribution is 7.16. The molecule has 2 aliphatic heterocycles. The molecule has 2 aliphatic rings. The van der Waals surface area contributed by atoms with Crippen molar-refractivity contribution in [3.8, 4) is 0 Å². The molecule has 36 heavy (non-hydrogen) atoms. The number of hydrogen-bond donors (Lipinski definition) is 3. The molecule has 188 valence electrons. The number of aromatic amines is 1. The number of hydrogen-bond acceptors (Lipinski definition) is 8. The lowest BCUT2D eigenvalue weighted by molar-refractivity contribution is -0.117. The second-order valence-electron chi connectivity index (χ2n) is 9.28. The van der Waals surface area contributed by atoms with E-state index in [9.17, 15) is 4.79 Å². The van der Waals surface area contributed by atoms with Crippen molar-refractivity contribution < 1.29 is 4.79 Å². The molecular formula is C26H32N8OS. The van der Waals surface area contributed by atoms with Gasteiger partial charge < -0.3 is 25.4 Å². The Bertz CT molecular complexity index is 1350. The van der Waals surface area contributed by atoms with E-state index in [2.05, 4.69) is 67.6 Å². The van der Waals surface area contributed by atoms with Gasteiger partial charge in [0.05, 0.1) is 21.1 Å². The van der Waals surface area contributed by atoms with Crippen LogP contribution in [0.25, 0.3) is 26.8 Å². The summed E-state index contributed by atoms with van der Waals surface area (Å²) in [4.78, 5) is 31.5. The molecule has 1 fully saturated rings. The third kappa shape index (κ3) is 5.56. The lowest BCUT2D eigenvalue weighted by atomic mass is 10.1. The Morgan fingerprint density at radius 1 is 1.17 bits per heavy atom. The van der Waals surface area contributed by atoms with E-state index in [1.54, 1.807) is 22.6 Å². The fraction of sp³-hybridized carbons (Fsp3) is 0.385. The van der Waals surface area contributed by atoms with Crippen LogP contribution in [0.3, 0.4) is 0 Å². The fourth-order valence-electron chi connectivity index (χ4n) is 4.44. The Morgan fingerprint density at radius 2 is 2.08 bits per heavy atom. The van der Waals surface area contributed by atoms with Gasteiger partial charge in [-0.15, -0.1) is 11.3 Å². The van der Waals surface area contributed by atoms with Crippen LogP contribution in [0, 0.1) is 0 Å². The summed E-state index contributed by atoms with van der Waals surface area (Å²) >= 11 is 1.61. The van der Waals surface area contributed by atoms with Gasteiger partial charge in [-0.1, -0.05) is 6.08 Å². The zero-order chi connectivity index (χ0) is 24.9. The first-order valence-electron chi connectivity index (χ1n) is 12.3. The molecule has 3 aromatic heterocycles. The highest BCUT2D eigenvalue weighted by Crippen LogP contribution is 2.30. The second kappa shape index (κ2) is 11.2. The summed E-state index contributed by atoms with van der Waals surface area (Å²) in [6.07, 6.45) is 6.65. The third-order valence-corrected chi connectivity index (χ3v) is 7.68. The molecule has 9 nitrogen and oxygen atoms in total. The molecule has 4 aromatic rings. The number of nitrogens with zero attached hydrogens (tertiary/aromatic N) is 5. The molecule has 1 saturated heterocycles. The standard InChI is InChI=1S/C19H16N6OS.C7H16N2/c26-11-25-5-3-12(4-6-25)16-8-14-18(20-9-21-19(14)24-16)23-13-1-2-15-17(7-13)27-10-22-15;1-7-3-4-8-5-6-9(7)2/h1-3,7-11H,4-6H2,(H2,20,21,23,24);7-8H,3-6H2,1-2H3/t;7-/m.0/s1. The molecule has 0 radical (unpaired) electrons. The van der Waals surface area contributed by atoms with Crippen LogP contribution in [0.1, 0.15) is 25.5 Å². The molecule has 6 rings (SSSR count). The largest absolute Gasteiger partial charge is 0.341 e. The molecule has 1 atom stereocenters. The number of anilines is 2. The molecule has 0 unspecified atom stereocenters. The Balaban J connectivity index is 0.000000252. The summed E-state index contributed by atoms with van der Waals surface area (Å²) in [5.74, 6) is 0.761. The summed E-state index contributed by atoms with van der Waals surface area (Å²) in [7, 11) is 2.19.